The van der Waals surface area contributed by atoms with E-state index >= 15 is 0 Å². The number of ether oxygens (including phenoxy) is 2. The van der Waals surface area contributed by atoms with E-state index in [1.807, 2.05) is 0 Å². The fourth-order valence-electron chi connectivity index (χ4n) is 1.31. The van der Waals surface area contributed by atoms with Crippen LogP contribution in [0.2, 0.25) is 0 Å². The Kier molecular flexibility index (Phi) is 1.98. The first-order valence-corrected chi connectivity index (χ1v) is 4.08. The number of fused-ring (bicyclic) bond motifs is 1. The second-order valence-electron chi connectivity index (χ2n) is 2.81. The molecule has 0 fully saturated rings. The first-order chi connectivity index (χ1) is 6.31. The highest BCUT2D eigenvalue weighted by molar-refractivity contribution is 5.60. The summed E-state index contributed by atoms with van der Waals surface area (Å²) in [5, 5.41) is 10.6. The molecule has 4 nitrogen and oxygen atoms in total. The fraction of sp³-hybridized carbons (Fsp3) is 0.333. The Bertz CT molecular complexity index is 314. The summed E-state index contributed by atoms with van der Waals surface area (Å²) in [4.78, 5) is 0. The van der Waals surface area contributed by atoms with Crippen molar-refractivity contribution in [2.75, 3.05) is 25.3 Å². The predicted octanol–water partition coefficient (Wildman–Crippen LogP) is 1.28. The van der Waals surface area contributed by atoms with Gasteiger partial charge in [0, 0.05) is 6.07 Å². The average molecular weight is 181 g/mol. The molecule has 0 radical (unpaired) electrons. The summed E-state index contributed by atoms with van der Waals surface area (Å²) in [6.45, 7) is 0.996. The lowest BCUT2D eigenvalue weighted by molar-refractivity contribution is 0.195. The third kappa shape index (κ3) is 1.40. The van der Waals surface area contributed by atoms with Gasteiger partial charge in [0.15, 0.2) is 0 Å². The van der Waals surface area contributed by atoms with Crippen LogP contribution in [-0.4, -0.2) is 25.5 Å². The van der Waals surface area contributed by atoms with Gasteiger partial charge < -0.3 is 9.47 Å². The van der Waals surface area contributed by atoms with E-state index in [1.54, 1.807) is 25.3 Å². The summed E-state index contributed by atoms with van der Waals surface area (Å²) in [6.07, 6.45) is 0. The first kappa shape index (κ1) is 8.19. The normalized spacial score (nSPS) is 14.8. The van der Waals surface area contributed by atoms with E-state index in [4.69, 9.17) is 9.47 Å². The van der Waals surface area contributed by atoms with E-state index in [-0.39, 0.29) is 0 Å². The summed E-state index contributed by atoms with van der Waals surface area (Å²) < 4.78 is 10.4. The molecule has 13 heavy (non-hydrogen) atoms. The van der Waals surface area contributed by atoms with Gasteiger partial charge >= 0.3 is 0 Å². The van der Waals surface area contributed by atoms with Crippen molar-refractivity contribution in [3.05, 3.63) is 18.2 Å². The van der Waals surface area contributed by atoms with E-state index in [2.05, 4.69) is 0 Å². The number of hydrogen-bond donors (Lipinski definition) is 1. The molecule has 1 aliphatic heterocycles. The number of hydrogen-bond acceptors (Lipinski definition) is 4. The quantitative estimate of drug-likeness (QED) is 0.708. The van der Waals surface area contributed by atoms with Gasteiger partial charge in [-0.05, 0) is 12.1 Å². The summed E-state index contributed by atoms with van der Waals surface area (Å²) in [5.41, 5.74) is 0.658. The van der Waals surface area contributed by atoms with Crippen LogP contribution in [0.15, 0.2) is 18.2 Å². The maximum Gasteiger partial charge on any atom is 0.145 e. The molecule has 1 aliphatic rings. The molecule has 1 aromatic carbocycles. The number of anilines is 1. The molecular weight excluding hydrogens is 170 g/mol. The molecule has 70 valence electrons. The maximum absolute atomic E-state index is 9.48. The number of methoxy groups -OCH3 is 1. The van der Waals surface area contributed by atoms with Gasteiger partial charge in [0.25, 0.3) is 0 Å². The minimum absolute atomic E-state index is 0.486. The fourth-order valence-corrected chi connectivity index (χ4v) is 1.31. The van der Waals surface area contributed by atoms with Crippen LogP contribution >= 0.6 is 0 Å². The standard InChI is InChI=1S/C9H11NO3/c1-12-7-2-3-9-8(6-7)10(11)4-5-13-9/h2-3,6,11H,4-5H2,1H3. The third-order valence-electron chi connectivity index (χ3n) is 2.00. The van der Waals surface area contributed by atoms with Crippen molar-refractivity contribution in [2.24, 2.45) is 0 Å². The molecular formula is C9H11NO3. The minimum Gasteiger partial charge on any atom is -0.497 e. The highest BCUT2D eigenvalue weighted by Gasteiger charge is 2.16. The largest absolute Gasteiger partial charge is 0.497 e. The predicted molar refractivity (Wildman–Crippen MR) is 47.6 cm³/mol. The molecule has 0 aliphatic carbocycles. The van der Waals surface area contributed by atoms with E-state index in [0.717, 1.165) is 0 Å². The van der Waals surface area contributed by atoms with Crippen molar-refractivity contribution < 1.29 is 14.7 Å². The van der Waals surface area contributed by atoms with Crippen molar-refractivity contribution in [3.63, 3.8) is 0 Å². The van der Waals surface area contributed by atoms with E-state index in [1.165, 1.54) is 5.06 Å². The van der Waals surface area contributed by atoms with Gasteiger partial charge in [0.1, 0.15) is 23.8 Å². The summed E-state index contributed by atoms with van der Waals surface area (Å²) in [7, 11) is 1.59. The molecule has 1 N–H and O–H groups in total. The monoisotopic (exact) mass is 181 g/mol. The van der Waals surface area contributed by atoms with Crippen molar-refractivity contribution in [1.29, 1.82) is 0 Å². The Balaban J connectivity index is 2.41. The van der Waals surface area contributed by atoms with Gasteiger partial charge in [0.05, 0.1) is 13.7 Å². The smallest absolute Gasteiger partial charge is 0.145 e. The molecule has 1 heterocycles. The van der Waals surface area contributed by atoms with Crippen LogP contribution in [0.4, 0.5) is 5.69 Å². The lowest BCUT2D eigenvalue weighted by Crippen LogP contribution is -2.29. The van der Waals surface area contributed by atoms with Crippen LogP contribution in [0.1, 0.15) is 0 Å². The van der Waals surface area contributed by atoms with Gasteiger partial charge in [0.2, 0.25) is 0 Å². The Morgan fingerprint density at radius 3 is 3.15 bits per heavy atom. The van der Waals surface area contributed by atoms with Crippen molar-refractivity contribution in [3.8, 4) is 11.5 Å². The SMILES string of the molecule is COc1ccc2c(c1)N(O)CCO2. The molecule has 1 aromatic rings. The van der Waals surface area contributed by atoms with Gasteiger partial charge in [-0.15, -0.1) is 0 Å². The zero-order valence-electron chi connectivity index (χ0n) is 7.36. The minimum atomic E-state index is 0.486. The maximum atomic E-state index is 9.48. The van der Waals surface area contributed by atoms with Gasteiger partial charge in [-0.1, -0.05) is 0 Å². The molecule has 4 heteroatoms. The lowest BCUT2D eigenvalue weighted by atomic mass is 10.2. The highest BCUT2D eigenvalue weighted by Crippen LogP contribution is 2.33. The Hall–Kier alpha value is -1.42. The zero-order chi connectivity index (χ0) is 9.26. The molecule has 0 unspecified atom stereocenters. The second-order valence-corrected chi connectivity index (χ2v) is 2.81. The highest BCUT2D eigenvalue weighted by atomic mass is 16.5. The molecule has 0 aromatic heterocycles. The van der Waals surface area contributed by atoms with Crippen LogP contribution in [0.3, 0.4) is 0 Å². The van der Waals surface area contributed by atoms with Crippen molar-refractivity contribution in [2.45, 2.75) is 0 Å². The number of nitrogens with zero attached hydrogens (tertiary/aromatic N) is 1. The van der Waals surface area contributed by atoms with Gasteiger partial charge in [-0.25, -0.2) is 5.06 Å². The molecule has 0 amide bonds. The Morgan fingerprint density at radius 2 is 2.38 bits per heavy atom. The van der Waals surface area contributed by atoms with Crippen molar-refractivity contribution >= 4 is 5.69 Å². The first-order valence-electron chi connectivity index (χ1n) is 4.08. The molecule has 0 bridgehead atoms. The Labute approximate surface area is 76.3 Å². The molecule has 0 spiro atoms. The zero-order valence-corrected chi connectivity index (χ0v) is 7.36. The molecule has 0 saturated carbocycles. The topological polar surface area (TPSA) is 41.9 Å². The Morgan fingerprint density at radius 1 is 1.54 bits per heavy atom. The summed E-state index contributed by atoms with van der Waals surface area (Å²) >= 11 is 0. The average Bonchev–Trinajstić information content (AvgIpc) is 2.18. The van der Waals surface area contributed by atoms with Gasteiger partial charge in [-0.2, -0.15) is 0 Å². The number of hydroxylamine groups is 1. The molecule has 0 saturated heterocycles. The van der Waals surface area contributed by atoms with Gasteiger partial charge in [-0.3, -0.25) is 5.21 Å². The number of rotatable bonds is 1. The van der Waals surface area contributed by atoms with E-state index < -0.39 is 0 Å². The summed E-state index contributed by atoms with van der Waals surface area (Å²) in [5.74, 6) is 1.40. The second kappa shape index (κ2) is 3.14. The van der Waals surface area contributed by atoms with Crippen LogP contribution in [-0.2, 0) is 0 Å². The van der Waals surface area contributed by atoms with Crippen LogP contribution in [0, 0.1) is 0 Å². The van der Waals surface area contributed by atoms with Crippen LogP contribution in [0.5, 0.6) is 11.5 Å². The number of benzene rings is 1. The van der Waals surface area contributed by atoms with Crippen LogP contribution in [0.25, 0.3) is 0 Å². The van der Waals surface area contributed by atoms with Crippen molar-refractivity contribution in [1.82, 2.24) is 0 Å². The van der Waals surface area contributed by atoms with E-state index in [0.29, 0.717) is 30.3 Å². The molecule has 2 rings (SSSR count). The summed E-state index contributed by atoms with van der Waals surface area (Å²) in [6, 6.07) is 5.34. The molecule has 0 atom stereocenters. The lowest BCUT2D eigenvalue weighted by Gasteiger charge is -2.25. The van der Waals surface area contributed by atoms with Crippen LogP contribution < -0.4 is 14.5 Å². The third-order valence-corrected chi connectivity index (χ3v) is 2.00. The van der Waals surface area contributed by atoms with E-state index in [9.17, 15) is 5.21 Å².